The van der Waals surface area contributed by atoms with E-state index < -0.39 is 0 Å². The van der Waals surface area contributed by atoms with Crippen molar-refractivity contribution in [2.45, 2.75) is 30.8 Å². The van der Waals surface area contributed by atoms with Crippen LogP contribution in [-0.2, 0) is 12.3 Å². The summed E-state index contributed by atoms with van der Waals surface area (Å²) in [6, 6.07) is 29.0. The van der Waals surface area contributed by atoms with Crippen molar-refractivity contribution < 1.29 is 0 Å². The third-order valence-electron chi connectivity index (χ3n) is 4.79. The molecule has 0 atom stereocenters. The van der Waals surface area contributed by atoms with Crippen molar-refractivity contribution in [1.29, 1.82) is 0 Å². The molecule has 4 heteroatoms. The number of thioether (sulfide) groups is 1. The molecule has 146 valence electrons. The molecule has 0 unspecified atom stereocenters. The topological polar surface area (TPSA) is 17.8 Å². The smallest absolute Gasteiger partial charge is 0.169 e. The van der Waals surface area contributed by atoms with Gasteiger partial charge >= 0.3 is 0 Å². The van der Waals surface area contributed by atoms with Crippen molar-refractivity contribution in [3.8, 4) is 22.5 Å². The second-order valence-corrected chi connectivity index (χ2v) is 8.21. The molecule has 3 aromatic carbocycles. The first-order valence-corrected chi connectivity index (χ1v) is 11.2. The minimum absolute atomic E-state index is 0.795. The zero-order chi connectivity index (χ0) is 20.1. The maximum Gasteiger partial charge on any atom is 0.169 e. The first kappa shape index (κ1) is 19.8. The Labute approximate surface area is 181 Å². The van der Waals surface area contributed by atoms with Gasteiger partial charge in [-0.3, -0.25) is 0 Å². The number of nitrogens with zero attached hydrogens (tertiary/aromatic N) is 2. The number of aromatic nitrogens is 2. The molecule has 4 rings (SSSR count). The number of hydrogen-bond donors (Lipinski definition) is 0. The van der Waals surface area contributed by atoms with E-state index in [9.17, 15) is 0 Å². The fourth-order valence-corrected chi connectivity index (χ4v) is 4.73. The standard InChI is InChI=1S/C25H23ClN2S/c1-2-17-28-24(20-13-7-4-8-14-20)23(19-11-5-3-6-12-19)27-25(28)29-18-21-15-9-10-16-22(21)26/h3-16H,2,17-18H2,1H3. The summed E-state index contributed by atoms with van der Waals surface area (Å²) in [5.41, 5.74) is 5.68. The van der Waals surface area contributed by atoms with Crippen molar-refractivity contribution in [1.82, 2.24) is 9.55 Å². The second-order valence-electron chi connectivity index (χ2n) is 6.86. The molecule has 2 nitrogen and oxygen atoms in total. The Bertz CT molecular complexity index is 1070. The molecule has 4 aromatic rings. The van der Waals surface area contributed by atoms with E-state index in [1.807, 2.05) is 24.3 Å². The molecule has 0 N–H and O–H groups in total. The molecule has 0 radical (unpaired) electrons. The summed E-state index contributed by atoms with van der Waals surface area (Å²) in [5, 5.41) is 1.84. The Kier molecular flexibility index (Phi) is 6.38. The highest BCUT2D eigenvalue weighted by atomic mass is 35.5. The van der Waals surface area contributed by atoms with Crippen LogP contribution in [0.4, 0.5) is 0 Å². The third kappa shape index (κ3) is 4.42. The van der Waals surface area contributed by atoms with Crippen LogP contribution in [0.1, 0.15) is 18.9 Å². The molecule has 29 heavy (non-hydrogen) atoms. The van der Waals surface area contributed by atoms with Crippen LogP contribution in [0.5, 0.6) is 0 Å². The van der Waals surface area contributed by atoms with Gasteiger partial charge in [0.1, 0.15) is 0 Å². The summed E-state index contributed by atoms with van der Waals surface area (Å²) in [6.07, 6.45) is 1.05. The van der Waals surface area contributed by atoms with Crippen LogP contribution in [0.2, 0.25) is 5.02 Å². The average molecular weight is 419 g/mol. The minimum Gasteiger partial charge on any atom is -0.318 e. The van der Waals surface area contributed by atoms with Gasteiger partial charge in [-0.1, -0.05) is 109 Å². The van der Waals surface area contributed by atoms with Crippen molar-refractivity contribution in [2.75, 3.05) is 0 Å². The molecule has 0 aliphatic heterocycles. The van der Waals surface area contributed by atoms with Gasteiger partial charge in [-0.05, 0) is 18.1 Å². The lowest BCUT2D eigenvalue weighted by atomic mass is 10.0. The van der Waals surface area contributed by atoms with E-state index in [0.29, 0.717) is 0 Å². The highest BCUT2D eigenvalue weighted by Crippen LogP contribution is 2.37. The van der Waals surface area contributed by atoms with Crippen LogP contribution >= 0.6 is 23.4 Å². The van der Waals surface area contributed by atoms with Crippen LogP contribution < -0.4 is 0 Å². The van der Waals surface area contributed by atoms with Gasteiger partial charge in [0.05, 0.1) is 11.4 Å². The number of imidazole rings is 1. The summed E-state index contributed by atoms with van der Waals surface area (Å²) in [7, 11) is 0. The van der Waals surface area contributed by atoms with Gasteiger partial charge in [0, 0.05) is 28.4 Å². The second kappa shape index (κ2) is 9.34. The first-order chi connectivity index (χ1) is 14.3. The fraction of sp³-hybridized carbons (Fsp3) is 0.160. The van der Waals surface area contributed by atoms with Gasteiger partial charge in [0.2, 0.25) is 0 Å². The quantitative estimate of drug-likeness (QED) is 0.288. The Morgan fingerprint density at radius 2 is 1.45 bits per heavy atom. The average Bonchev–Trinajstić information content (AvgIpc) is 3.13. The van der Waals surface area contributed by atoms with Crippen molar-refractivity contribution in [2.24, 2.45) is 0 Å². The van der Waals surface area contributed by atoms with E-state index in [2.05, 4.69) is 72.2 Å². The normalized spacial score (nSPS) is 11.0. The summed E-state index contributed by atoms with van der Waals surface area (Å²) in [5.74, 6) is 0.795. The molecule has 0 fully saturated rings. The largest absolute Gasteiger partial charge is 0.318 e. The molecule has 0 bridgehead atoms. The minimum atomic E-state index is 0.795. The highest BCUT2D eigenvalue weighted by molar-refractivity contribution is 7.98. The van der Waals surface area contributed by atoms with Gasteiger partial charge in [0.25, 0.3) is 0 Å². The summed E-state index contributed by atoms with van der Waals surface area (Å²) >= 11 is 8.13. The third-order valence-corrected chi connectivity index (χ3v) is 6.18. The highest BCUT2D eigenvalue weighted by Gasteiger charge is 2.20. The van der Waals surface area contributed by atoms with E-state index in [1.165, 1.54) is 11.3 Å². The van der Waals surface area contributed by atoms with E-state index >= 15 is 0 Å². The lowest BCUT2D eigenvalue weighted by molar-refractivity contribution is 0.626. The molecule has 0 aliphatic rings. The zero-order valence-electron chi connectivity index (χ0n) is 16.4. The zero-order valence-corrected chi connectivity index (χ0v) is 18.0. The molecule has 0 saturated heterocycles. The Balaban J connectivity index is 1.81. The maximum atomic E-state index is 6.38. The van der Waals surface area contributed by atoms with E-state index in [1.54, 1.807) is 11.8 Å². The van der Waals surface area contributed by atoms with E-state index in [4.69, 9.17) is 16.6 Å². The van der Waals surface area contributed by atoms with Gasteiger partial charge in [-0.15, -0.1) is 0 Å². The van der Waals surface area contributed by atoms with Crippen molar-refractivity contribution in [3.05, 3.63) is 95.5 Å². The van der Waals surface area contributed by atoms with Crippen LogP contribution in [0.15, 0.2) is 90.1 Å². The molecule has 0 aliphatic carbocycles. The Morgan fingerprint density at radius 3 is 2.10 bits per heavy atom. The molecule has 0 saturated carbocycles. The first-order valence-electron chi connectivity index (χ1n) is 9.85. The summed E-state index contributed by atoms with van der Waals surface area (Å²) in [6.45, 7) is 3.13. The van der Waals surface area contributed by atoms with E-state index in [0.717, 1.165) is 45.7 Å². The van der Waals surface area contributed by atoms with Crippen molar-refractivity contribution >= 4 is 23.4 Å². The molecular formula is C25H23ClN2S. The van der Waals surface area contributed by atoms with Crippen LogP contribution in [0, 0.1) is 0 Å². The van der Waals surface area contributed by atoms with E-state index in [-0.39, 0.29) is 0 Å². The van der Waals surface area contributed by atoms with Crippen LogP contribution in [-0.4, -0.2) is 9.55 Å². The summed E-state index contributed by atoms with van der Waals surface area (Å²) < 4.78 is 2.36. The van der Waals surface area contributed by atoms with Gasteiger partial charge < -0.3 is 4.57 Å². The monoisotopic (exact) mass is 418 g/mol. The fourth-order valence-electron chi connectivity index (χ4n) is 3.42. The van der Waals surface area contributed by atoms with Gasteiger partial charge in [0.15, 0.2) is 5.16 Å². The number of hydrogen-bond acceptors (Lipinski definition) is 2. The Hall–Kier alpha value is -2.49. The van der Waals surface area contributed by atoms with Crippen molar-refractivity contribution in [3.63, 3.8) is 0 Å². The molecule has 0 amide bonds. The molecule has 0 spiro atoms. The lowest BCUT2D eigenvalue weighted by Crippen LogP contribution is -2.02. The lowest BCUT2D eigenvalue weighted by Gasteiger charge is -2.12. The number of halogens is 1. The van der Waals surface area contributed by atoms with Crippen LogP contribution in [0.25, 0.3) is 22.5 Å². The van der Waals surface area contributed by atoms with Crippen LogP contribution in [0.3, 0.4) is 0 Å². The SMILES string of the molecule is CCCn1c(SCc2ccccc2Cl)nc(-c2ccccc2)c1-c1ccccc1. The molecule has 1 aromatic heterocycles. The predicted octanol–water partition coefficient (Wildman–Crippen LogP) is 7.57. The number of benzene rings is 3. The summed E-state index contributed by atoms with van der Waals surface area (Å²) in [4.78, 5) is 5.10. The number of rotatable bonds is 7. The molecular weight excluding hydrogens is 396 g/mol. The predicted molar refractivity (Wildman–Crippen MR) is 124 cm³/mol. The molecule has 1 heterocycles. The van der Waals surface area contributed by atoms with Gasteiger partial charge in [-0.2, -0.15) is 0 Å². The van der Waals surface area contributed by atoms with Gasteiger partial charge in [-0.25, -0.2) is 4.98 Å². The Morgan fingerprint density at radius 1 is 0.828 bits per heavy atom. The maximum absolute atomic E-state index is 6.38.